The third kappa shape index (κ3) is 3.44. The molecule has 0 aliphatic carbocycles. The summed E-state index contributed by atoms with van der Waals surface area (Å²) >= 11 is 3.28. The molecule has 0 aliphatic rings. The molecule has 18 heavy (non-hydrogen) atoms. The van der Waals surface area contributed by atoms with Crippen LogP contribution >= 0.6 is 23.1 Å². The van der Waals surface area contributed by atoms with Gasteiger partial charge in [0.05, 0.1) is 6.61 Å². The molecule has 6 heteroatoms. The van der Waals surface area contributed by atoms with Crippen LogP contribution in [-0.2, 0) is 12.4 Å². The number of benzene rings is 1. The molecule has 1 heterocycles. The Labute approximate surface area is 115 Å². The van der Waals surface area contributed by atoms with Gasteiger partial charge in [0.1, 0.15) is 0 Å². The molecule has 1 N–H and O–H groups in total. The van der Waals surface area contributed by atoms with Crippen molar-refractivity contribution in [2.45, 2.75) is 16.7 Å². The van der Waals surface area contributed by atoms with E-state index in [0.717, 1.165) is 20.8 Å². The molecular formula is C12H15N3OS2. The molecule has 0 saturated carbocycles. The highest BCUT2D eigenvalue weighted by Gasteiger charge is 2.06. The van der Waals surface area contributed by atoms with Crippen LogP contribution in [0.15, 0.2) is 28.6 Å². The number of thioether (sulfide) groups is 1. The van der Waals surface area contributed by atoms with Gasteiger partial charge in [-0.1, -0.05) is 47.4 Å². The van der Waals surface area contributed by atoms with Gasteiger partial charge in [-0.05, 0) is 11.1 Å². The molecule has 0 spiro atoms. The monoisotopic (exact) mass is 281 g/mol. The molecule has 0 bridgehead atoms. The Morgan fingerprint density at radius 2 is 1.83 bits per heavy atom. The van der Waals surface area contributed by atoms with Crippen molar-refractivity contribution in [1.29, 1.82) is 0 Å². The first kappa shape index (κ1) is 13.3. The Morgan fingerprint density at radius 3 is 2.39 bits per heavy atom. The zero-order chi connectivity index (χ0) is 13.0. The van der Waals surface area contributed by atoms with Gasteiger partial charge in [0.15, 0.2) is 4.34 Å². The Balaban J connectivity index is 1.93. The van der Waals surface area contributed by atoms with Gasteiger partial charge >= 0.3 is 0 Å². The van der Waals surface area contributed by atoms with Crippen molar-refractivity contribution >= 4 is 28.2 Å². The van der Waals surface area contributed by atoms with E-state index in [0.29, 0.717) is 0 Å². The maximum Gasteiger partial charge on any atom is 0.208 e. The van der Waals surface area contributed by atoms with Crippen molar-refractivity contribution in [1.82, 2.24) is 10.2 Å². The number of aromatic nitrogens is 2. The largest absolute Gasteiger partial charge is 0.392 e. The molecule has 0 radical (unpaired) electrons. The summed E-state index contributed by atoms with van der Waals surface area (Å²) in [4.78, 5) is 1.96. The van der Waals surface area contributed by atoms with Crippen LogP contribution in [0, 0.1) is 0 Å². The molecule has 96 valence electrons. The fourth-order valence-electron chi connectivity index (χ4n) is 1.33. The van der Waals surface area contributed by atoms with E-state index in [1.807, 2.05) is 43.3 Å². The summed E-state index contributed by atoms with van der Waals surface area (Å²) in [5.74, 6) is 0.869. The summed E-state index contributed by atoms with van der Waals surface area (Å²) in [5, 5.41) is 18.1. The van der Waals surface area contributed by atoms with Crippen molar-refractivity contribution in [3.8, 4) is 0 Å². The Hall–Kier alpha value is -1.11. The van der Waals surface area contributed by atoms with Gasteiger partial charge in [0.2, 0.25) is 5.13 Å². The first-order chi connectivity index (χ1) is 8.69. The van der Waals surface area contributed by atoms with E-state index < -0.39 is 0 Å². The topological polar surface area (TPSA) is 49.2 Å². The lowest BCUT2D eigenvalue weighted by Crippen LogP contribution is -2.07. The van der Waals surface area contributed by atoms with Crippen molar-refractivity contribution in [2.24, 2.45) is 0 Å². The molecule has 4 nitrogen and oxygen atoms in total. The molecule has 0 aliphatic heterocycles. The number of aliphatic hydroxyl groups excluding tert-OH is 1. The summed E-state index contributed by atoms with van der Waals surface area (Å²) in [6.07, 6.45) is 0. The van der Waals surface area contributed by atoms with Gasteiger partial charge in [0, 0.05) is 19.8 Å². The minimum Gasteiger partial charge on any atom is -0.392 e. The molecule has 2 aromatic rings. The van der Waals surface area contributed by atoms with Crippen LogP contribution in [0.2, 0.25) is 0 Å². The molecule has 1 aromatic carbocycles. The number of anilines is 1. The second-order valence-electron chi connectivity index (χ2n) is 4.01. The van der Waals surface area contributed by atoms with Crippen molar-refractivity contribution in [2.75, 3.05) is 19.0 Å². The molecule has 0 amide bonds. The highest BCUT2D eigenvalue weighted by Crippen LogP contribution is 2.29. The van der Waals surface area contributed by atoms with E-state index in [2.05, 4.69) is 10.2 Å². The van der Waals surface area contributed by atoms with E-state index in [4.69, 9.17) is 5.11 Å². The summed E-state index contributed by atoms with van der Waals surface area (Å²) in [6, 6.07) is 7.96. The normalized spacial score (nSPS) is 10.6. The van der Waals surface area contributed by atoms with Gasteiger partial charge in [-0.25, -0.2) is 0 Å². The quantitative estimate of drug-likeness (QED) is 0.853. The number of hydrogen-bond acceptors (Lipinski definition) is 6. The van der Waals surface area contributed by atoms with E-state index in [1.54, 1.807) is 23.1 Å². The molecule has 0 fully saturated rings. The van der Waals surface area contributed by atoms with Gasteiger partial charge in [-0.2, -0.15) is 0 Å². The molecule has 2 rings (SSSR count). The molecule has 0 unspecified atom stereocenters. The van der Waals surface area contributed by atoms with Crippen molar-refractivity contribution in [3.05, 3.63) is 35.4 Å². The first-order valence-electron chi connectivity index (χ1n) is 5.51. The molecule has 0 atom stereocenters. The van der Waals surface area contributed by atoms with E-state index >= 15 is 0 Å². The smallest absolute Gasteiger partial charge is 0.208 e. The molecule has 1 aromatic heterocycles. The van der Waals surface area contributed by atoms with E-state index in [-0.39, 0.29) is 6.61 Å². The number of rotatable bonds is 5. The third-order valence-corrected chi connectivity index (χ3v) is 4.64. The van der Waals surface area contributed by atoms with Crippen LogP contribution < -0.4 is 4.90 Å². The lowest BCUT2D eigenvalue weighted by Gasteiger charge is -2.03. The van der Waals surface area contributed by atoms with Crippen LogP contribution in [-0.4, -0.2) is 29.4 Å². The Bertz CT molecular complexity index is 496. The second kappa shape index (κ2) is 6.17. The first-order valence-corrected chi connectivity index (χ1v) is 7.31. The maximum atomic E-state index is 8.96. The summed E-state index contributed by atoms with van der Waals surface area (Å²) in [5.41, 5.74) is 2.16. The zero-order valence-electron chi connectivity index (χ0n) is 10.3. The van der Waals surface area contributed by atoms with Crippen LogP contribution in [0.4, 0.5) is 5.13 Å². The van der Waals surface area contributed by atoms with E-state index in [9.17, 15) is 0 Å². The van der Waals surface area contributed by atoms with E-state index in [1.165, 1.54) is 5.56 Å². The second-order valence-corrected chi connectivity index (χ2v) is 6.19. The standard InChI is InChI=1S/C12H15N3OS2/c1-15(2)11-13-14-12(18-11)17-8-10-5-3-9(7-16)4-6-10/h3-6,16H,7-8H2,1-2H3. The SMILES string of the molecule is CN(C)c1nnc(SCc2ccc(CO)cc2)s1. The number of aliphatic hydroxyl groups is 1. The van der Waals surface area contributed by atoms with Gasteiger partial charge in [-0.3, -0.25) is 0 Å². The Kier molecular flexibility index (Phi) is 4.57. The predicted molar refractivity (Wildman–Crippen MR) is 76.2 cm³/mol. The highest BCUT2D eigenvalue weighted by molar-refractivity contribution is 8.00. The average Bonchev–Trinajstić information content (AvgIpc) is 2.86. The van der Waals surface area contributed by atoms with Crippen molar-refractivity contribution in [3.63, 3.8) is 0 Å². The van der Waals surface area contributed by atoms with Crippen molar-refractivity contribution < 1.29 is 5.11 Å². The highest BCUT2D eigenvalue weighted by atomic mass is 32.2. The maximum absolute atomic E-state index is 8.96. The zero-order valence-corrected chi connectivity index (χ0v) is 12.0. The van der Waals surface area contributed by atoms with Crippen LogP contribution in [0.5, 0.6) is 0 Å². The minimum absolute atomic E-state index is 0.0933. The summed E-state index contributed by atoms with van der Waals surface area (Å²) in [7, 11) is 3.92. The summed E-state index contributed by atoms with van der Waals surface area (Å²) in [6.45, 7) is 0.0933. The van der Waals surface area contributed by atoms with Crippen LogP contribution in [0.3, 0.4) is 0 Å². The lowest BCUT2D eigenvalue weighted by atomic mass is 10.2. The van der Waals surface area contributed by atoms with Gasteiger partial charge in [-0.15, -0.1) is 10.2 Å². The minimum atomic E-state index is 0.0933. The number of hydrogen-bond donors (Lipinski definition) is 1. The van der Waals surface area contributed by atoms with Gasteiger partial charge < -0.3 is 10.0 Å². The van der Waals surface area contributed by atoms with Crippen LogP contribution in [0.25, 0.3) is 0 Å². The fraction of sp³-hybridized carbons (Fsp3) is 0.333. The third-order valence-electron chi connectivity index (χ3n) is 2.35. The Morgan fingerprint density at radius 1 is 1.17 bits per heavy atom. The average molecular weight is 281 g/mol. The predicted octanol–water partition coefficient (Wildman–Crippen LogP) is 2.39. The number of nitrogens with zero attached hydrogens (tertiary/aromatic N) is 3. The van der Waals surface area contributed by atoms with Gasteiger partial charge in [0.25, 0.3) is 0 Å². The molecule has 0 saturated heterocycles. The lowest BCUT2D eigenvalue weighted by molar-refractivity contribution is 0.282. The fourth-order valence-corrected chi connectivity index (χ4v) is 3.05. The van der Waals surface area contributed by atoms with Crippen LogP contribution in [0.1, 0.15) is 11.1 Å². The molecular weight excluding hydrogens is 266 g/mol. The summed E-state index contributed by atoms with van der Waals surface area (Å²) < 4.78 is 0.977.